The lowest BCUT2D eigenvalue weighted by molar-refractivity contribution is -0.137. The molecule has 2 fully saturated rings. The largest absolute Gasteiger partial charge is 0.486 e. The number of aromatic nitrogens is 1. The summed E-state index contributed by atoms with van der Waals surface area (Å²) in [7, 11) is 0. The van der Waals surface area contributed by atoms with E-state index < -0.39 is 11.7 Å². The van der Waals surface area contributed by atoms with Crippen molar-refractivity contribution in [2.75, 3.05) is 18.0 Å². The summed E-state index contributed by atoms with van der Waals surface area (Å²) in [6, 6.07) is 8.89. The van der Waals surface area contributed by atoms with E-state index in [4.69, 9.17) is 14.8 Å². The number of pyridine rings is 1. The number of fused-ring (bicyclic) bond motifs is 2. The first-order valence-corrected chi connectivity index (χ1v) is 10.4. The second kappa shape index (κ2) is 8.69. The Balaban J connectivity index is 1.53. The number of piperidine rings is 1. The molecule has 0 amide bonds. The summed E-state index contributed by atoms with van der Waals surface area (Å²) in [5.74, 6) is 1.44. The van der Waals surface area contributed by atoms with Gasteiger partial charge in [-0.15, -0.1) is 0 Å². The van der Waals surface area contributed by atoms with Gasteiger partial charge >= 0.3 is 6.18 Å². The predicted molar refractivity (Wildman–Crippen MR) is 113 cm³/mol. The first kappa shape index (κ1) is 21.9. The summed E-state index contributed by atoms with van der Waals surface area (Å²) in [5, 5.41) is 12.8. The average Bonchev–Trinajstić information content (AvgIpc) is 2.99. The van der Waals surface area contributed by atoms with Gasteiger partial charge in [0.15, 0.2) is 11.5 Å². The number of nitrogens with zero attached hydrogens (tertiary/aromatic N) is 4. The van der Waals surface area contributed by atoms with Gasteiger partial charge in [-0.25, -0.2) is 4.98 Å². The molecule has 32 heavy (non-hydrogen) atoms. The van der Waals surface area contributed by atoms with Gasteiger partial charge in [-0.2, -0.15) is 18.4 Å². The van der Waals surface area contributed by atoms with Crippen molar-refractivity contribution in [1.82, 2.24) is 4.98 Å². The third kappa shape index (κ3) is 4.64. The van der Waals surface area contributed by atoms with Crippen LogP contribution in [0.25, 0.3) is 0 Å². The van der Waals surface area contributed by atoms with Crippen LogP contribution in [-0.2, 0) is 6.18 Å². The Morgan fingerprint density at radius 1 is 1.12 bits per heavy atom. The Kier molecular flexibility index (Phi) is 5.96. The van der Waals surface area contributed by atoms with Gasteiger partial charge in [0.1, 0.15) is 18.0 Å². The van der Waals surface area contributed by atoms with E-state index in [1.54, 1.807) is 26.1 Å². The maximum atomic E-state index is 13.2. The van der Waals surface area contributed by atoms with Crippen LogP contribution in [0.3, 0.4) is 0 Å². The van der Waals surface area contributed by atoms with E-state index in [1.165, 1.54) is 6.07 Å². The maximum absolute atomic E-state index is 13.2. The number of benzene rings is 1. The van der Waals surface area contributed by atoms with Crippen molar-refractivity contribution < 1.29 is 22.7 Å². The van der Waals surface area contributed by atoms with E-state index in [0.29, 0.717) is 11.3 Å². The highest BCUT2D eigenvalue weighted by Crippen LogP contribution is 2.43. The SMILES string of the molecule is CC(C)=NOc1cc(C(F)(F)F)ccc1OC1[C@@H]2CC[C@H]1CN(c1ccc(C#N)cn1)C2. The molecule has 1 saturated heterocycles. The highest BCUT2D eigenvalue weighted by atomic mass is 19.4. The second-order valence-electron chi connectivity index (χ2n) is 8.39. The number of alkyl halides is 3. The monoisotopic (exact) mass is 444 g/mol. The fourth-order valence-corrected chi connectivity index (χ4v) is 4.33. The maximum Gasteiger partial charge on any atom is 0.416 e. The van der Waals surface area contributed by atoms with Crippen LogP contribution in [0.15, 0.2) is 41.7 Å². The molecule has 6 nitrogen and oxygen atoms in total. The van der Waals surface area contributed by atoms with Crippen molar-refractivity contribution in [1.29, 1.82) is 5.26 Å². The molecule has 1 unspecified atom stereocenters. The Bertz CT molecular complexity index is 1030. The lowest BCUT2D eigenvalue weighted by atomic mass is 9.94. The number of halogens is 3. The first-order chi connectivity index (χ1) is 15.2. The molecule has 4 rings (SSSR count). The summed E-state index contributed by atoms with van der Waals surface area (Å²) in [4.78, 5) is 11.9. The van der Waals surface area contributed by atoms with E-state index in [1.807, 2.05) is 6.07 Å². The molecule has 0 radical (unpaired) electrons. The van der Waals surface area contributed by atoms with Crippen molar-refractivity contribution in [3.05, 3.63) is 47.7 Å². The molecule has 0 N–H and O–H groups in total. The molecule has 2 heterocycles. The van der Waals surface area contributed by atoms with Gasteiger partial charge in [-0.1, -0.05) is 5.16 Å². The zero-order valence-corrected chi connectivity index (χ0v) is 17.8. The smallest absolute Gasteiger partial charge is 0.416 e. The molecule has 2 aliphatic rings. The van der Waals surface area contributed by atoms with Crippen LogP contribution in [0.4, 0.5) is 19.0 Å². The highest BCUT2D eigenvalue weighted by Gasteiger charge is 2.44. The molecule has 3 atom stereocenters. The van der Waals surface area contributed by atoms with Crippen LogP contribution in [0, 0.1) is 23.2 Å². The van der Waals surface area contributed by atoms with Gasteiger partial charge in [0, 0.05) is 31.1 Å². The van der Waals surface area contributed by atoms with Gasteiger partial charge < -0.3 is 14.5 Å². The van der Waals surface area contributed by atoms with Crippen molar-refractivity contribution in [2.45, 2.75) is 39.0 Å². The van der Waals surface area contributed by atoms with Crippen LogP contribution in [0.1, 0.15) is 37.8 Å². The summed E-state index contributed by atoms with van der Waals surface area (Å²) in [5.41, 5.74) is 0.278. The minimum atomic E-state index is -4.49. The van der Waals surface area contributed by atoms with Gasteiger partial charge in [0.05, 0.1) is 16.8 Å². The van der Waals surface area contributed by atoms with Gasteiger partial charge in [-0.3, -0.25) is 0 Å². The van der Waals surface area contributed by atoms with Crippen LogP contribution in [-0.4, -0.2) is 29.9 Å². The van der Waals surface area contributed by atoms with Crippen molar-refractivity contribution in [2.24, 2.45) is 17.0 Å². The second-order valence-corrected chi connectivity index (χ2v) is 8.39. The Morgan fingerprint density at radius 2 is 1.84 bits per heavy atom. The Hall–Kier alpha value is -3.28. The fraction of sp³-hybridized carbons (Fsp3) is 0.435. The molecular weight excluding hydrogens is 421 g/mol. The van der Waals surface area contributed by atoms with Gasteiger partial charge in [-0.05, 0) is 57.0 Å². The summed E-state index contributed by atoms with van der Waals surface area (Å²) in [6.45, 7) is 4.84. The standard InChI is InChI=1S/C23H23F3N4O2/c1-14(2)29-32-20-9-18(23(24,25)26)6-7-19(20)31-22-16-4-5-17(22)13-30(12-16)21-8-3-15(10-27)11-28-21/h3,6-9,11,16-17,22H,4-5,12-13H2,1-2H3/t16-,17+,22?. The lowest BCUT2D eigenvalue weighted by Crippen LogP contribution is -2.47. The number of hydrogen-bond donors (Lipinski definition) is 0. The van der Waals surface area contributed by atoms with Crippen molar-refractivity contribution in [3.8, 4) is 17.6 Å². The van der Waals surface area contributed by atoms with Crippen LogP contribution >= 0.6 is 0 Å². The molecule has 2 aromatic rings. The quantitative estimate of drug-likeness (QED) is 0.477. The number of hydrogen-bond acceptors (Lipinski definition) is 6. The zero-order chi connectivity index (χ0) is 22.9. The predicted octanol–water partition coefficient (Wildman–Crippen LogP) is 5.04. The molecule has 1 aliphatic carbocycles. The molecule has 9 heteroatoms. The van der Waals surface area contributed by atoms with E-state index in [-0.39, 0.29) is 29.4 Å². The highest BCUT2D eigenvalue weighted by molar-refractivity contribution is 5.78. The molecule has 1 aromatic carbocycles. The number of ether oxygens (including phenoxy) is 1. The summed E-state index contributed by atoms with van der Waals surface area (Å²) < 4.78 is 45.8. The van der Waals surface area contributed by atoms with Crippen LogP contribution in [0.5, 0.6) is 11.5 Å². The van der Waals surface area contributed by atoms with E-state index in [2.05, 4.69) is 21.1 Å². The number of rotatable bonds is 5. The van der Waals surface area contributed by atoms with E-state index in [9.17, 15) is 13.2 Å². The van der Waals surface area contributed by atoms with Gasteiger partial charge in [0.25, 0.3) is 0 Å². The van der Waals surface area contributed by atoms with E-state index >= 15 is 0 Å². The molecule has 1 aromatic heterocycles. The minimum Gasteiger partial charge on any atom is -0.486 e. The minimum absolute atomic E-state index is 0.0448. The van der Waals surface area contributed by atoms with Gasteiger partial charge in [0.2, 0.25) is 0 Å². The normalized spacial score (nSPS) is 22.2. The summed E-state index contributed by atoms with van der Waals surface area (Å²) in [6.07, 6.45) is -1.13. The third-order valence-electron chi connectivity index (χ3n) is 5.81. The van der Waals surface area contributed by atoms with Crippen LogP contribution in [0.2, 0.25) is 0 Å². The fourth-order valence-electron chi connectivity index (χ4n) is 4.33. The van der Waals surface area contributed by atoms with Crippen LogP contribution < -0.4 is 14.5 Å². The zero-order valence-electron chi connectivity index (χ0n) is 17.8. The molecule has 1 aliphatic heterocycles. The lowest BCUT2D eigenvalue weighted by Gasteiger charge is -2.38. The molecular formula is C23H23F3N4O2. The number of nitriles is 1. The first-order valence-electron chi connectivity index (χ1n) is 10.4. The summed E-state index contributed by atoms with van der Waals surface area (Å²) >= 11 is 0. The molecule has 2 bridgehead atoms. The third-order valence-corrected chi connectivity index (χ3v) is 5.81. The molecule has 168 valence electrons. The van der Waals surface area contributed by atoms with E-state index in [0.717, 1.165) is 43.9 Å². The molecule has 0 spiro atoms. The number of anilines is 1. The average molecular weight is 444 g/mol. The van der Waals surface area contributed by atoms with Crippen molar-refractivity contribution in [3.63, 3.8) is 0 Å². The Morgan fingerprint density at radius 3 is 2.41 bits per heavy atom. The molecule has 1 saturated carbocycles. The topological polar surface area (TPSA) is 70.7 Å². The Labute approximate surface area is 184 Å². The van der Waals surface area contributed by atoms with Crippen molar-refractivity contribution >= 4 is 11.5 Å². The number of oxime groups is 1.